The van der Waals surface area contributed by atoms with Crippen LogP contribution < -0.4 is 19.3 Å². The number of quaternary nitrogens is 2. The molecular formula is C16H28N2O2+2. The van der Waals surface area contributed by atoms with Crippen molar-refractivity contribution in [2.75, 3.05) is 41.4 Å². The third-order valence-corrected chi connectivity index (χ3v) is 4.49. The Morgan fingerprint density at radius 2 is 1.90 bits per heavy atom. The van der Waals surface area contributed by atoms with Crippen molar-refractivity contribution in [1.82, 2.24) is 0 Å². The van der Waals surface area contributed by atoms with Gasteiger partial charge in [-0.1, -0.05) is 6.07 Å². The first-order valence-electron chi connectivity index (χ1n) is 7.49. The molecule has 0 amide bonds. The summed E-state index contributed by atoms with van der Waals surface area (Å²) < 4.78 is 10.9. The first kappa shape index (κ1) is 15.1. The highest BCUT2D eigenvalue weighted by Gasteiger charge is 2.27. The minimum absolute atomic E-state index is 0.759. The summed E-state index contributed by atoms with van der Waals surface area (Å²) in [6.07, 6.45) is 2.62. The van der Waals surface area contributed by atoms with E-state index in [9.17, 15) is 0 Å². The molecule has 4 heteroatoms. The predicted octanol–water partition coefficient (Wildman–Crippen LogP) is -0.604. The Morgan fingerprint density at radius 1 is 1.20 bits per heavy atom. The average molecular weight is 280 g/mol. The third kappa shape index (κ3) is 3.44. The Labute approximate surface area is 122 Å². The maximum Gasteiger partial charge on any atom is 0.169 e. The van der Waals surface area contributed by atoms with Crippen LogP contribution in [0.1, 0.15) is 18.4 Å². The van der Waals surface area contributed by atoms with Crippen molar-refractivity contribution in [2.24, 2.45) is 0 Å². The monoisotopic (exact) mass is 280 g/mol. The van der Waals surface area contributed by atoms with Crippen LogP contribution in [0.15, 0.2) is 18.2 Å². The van der Waals surface area contributed by atoms with Crippen LogP contribution in [0.4, 0.5) is 0 Å². The zero-order valence-electron chi connectivity index (χ0n) is 13.2. The second kappa shape index (κ2) is 6.95. The maximum absolute atomic E-state index is 5.53. The van der Waals surface area contributed by atoms with Gasteiger partial charge in [-0.15, -0.1) is 0 Å². The van der Waals surface area contributed by atoms with Crippen molar-refractivity contribution >= 4 is 0 Å². The minimum Gasteiger partial charge on any atom is -0.493 e. The molecule has 0 aromatic heterocycles. The molecule has 1 fully saturated rings. The van der Waals surface area contributed by atoms with Gasteiger partial charge in [-0.2, -0.15) is 0 Å². The number of ether oxygens (including phenoxy) is 2. The van der Waals surface area contributed by atoms with Crippen LogP contribution in [-0.4, -0.2) is 47.4 Å². The lowest BCUT2D eigenvalue weighted by molar-refractivity contribution is -0.948. The molecule has 1 aromatic rings. The zero-order valence-corrected chi connectivity index (χ0v) is 13.2. The fourth-order valence-corrected chi connectivity index (χ4v) is 3.14. The first-order chi connectivity index (χ1) is 9.65. The van der Waals surface area contributed by atoms with Gasteiger partial charge in [0.15, 0.2) is 11.5 Å². The van der Waals surface area contributed by atoms with E-state index in [0.717, 1.165) is 24.1 Å². The number of hydrogen-bond donors (Lipinski definition) is 2. The second-order valence-electron chi connectivity index (χ2n) is 5.91. The van der Waals surface area contributed by atoms with Gasteiger partial charge in [0.25, 0.3) is 0 Å². The van der Waals surface area contributed by atoms with Gasteiger partial charge < -0.3 is 19.3 Å². The third-order valence-electron chi connectivity index (χ3n) is 4.49. The number of methoxy groups -OCH3 is 2. The molecule has 20 heavy (non-hydrogen) atoms. The van der Waals surface area contributed by atoms with E-state index in [1.165, 1.54) is 31.5 Å². The van der Waals surface area contributed by atoms with Crippen LogP contribution in [-0.2, 0) is 6.54 Å². The molecule has 1 aliphatic rings. The Balaban J connectivity index is 2.05. The Hall–Kier alpha value is -1.26. The first-order valence-corrected chi connectivity index (χ1v) is 7.49. The number of para-hydroxylation sites is 1. The number of piperidine rings is 1. The van der Waals surface area contributed by atoms with Crippen LogP contribution in [0.2, 0.25) is 0 Å². The molecule has 1 atom stereocenters. The van der Waals surface area contributed by atoms with Crippen LogP contribution in [0, 0.1) is 0 Å². The fourth-order valence-electron chi connectivity index (χ4n) is 3.14. The number of rotatable bonds is 5. The molecule has 112 valence electrons. The molecule has 2 rings (SSSR count). The van der Waals surface area contributed by atoms with Crippen molar-refractivity contribution in [3.05, 3.63) is 23.8 Å². The largest absolute Gasteiger partial charge is 0.493 e. The number of nitrogens with one attached hydrogen (secondary N) is 2. The summed E-state index contributed by atoms with van der Waals surface area (Å²) in [5, 5.41) is 0. The Bertz CT molecular complexity index is 428. The minimum atomic E-state index is 0.759. The number of hydrogen-bond acceptors (Lipinski definition) is 2. The topological polar surface area (TPSA) is 27.3 Å². The lowest BCUT2D eigenvalue weighted by Gasteiger charge is -2.31. The summed E-state index contributed by atoms with van der Waals surface area (Å²) in [6.45, 7) is 3.57. The Morgan fingerprint density at radius 3 is 2.50 bits per heavy atom. The summed E-state index contributed by atoms with van der Waals surface area (Å²) in [7, 11) is 7.99. The van der Waals surface area contributed by atoms with Crippen molar-refractivity contribution in [3.8, 4) is 11.5 Å². The average Bonchev–Trinajstić information content (AvgIpc) is 2.47. The smallest absolute Gasteiger partial charge is 0.169 e. The molecule has 1 unspecified atom stereocenters. The van der Waals surface area contributed by atoms with Gasteiger partial charge in [-0.05, 0) is 12.1 Å². The van der Waals surface area contributed by atoms with E-state index >= 15 is 0 Å². The lowest BCUT2D eigenvalue weighted by Crippen LogP contribution is -3.17. The van der Waals surface area contributed by atoms with Gasteiger partial charge in [0.1, 0.15) is 6.54 Å². The van der Waals surface area contributed by atoms with E-state index in [-0.39, 0.29) is 0 Å². The molecular weight excluding hydrogens is 252 g/mol. The molecule has 0 bridgehead atoms. The van der Waals surface area contributed by atoms with Gasteiger partial charge in [0.2, 0.25) is 0 Å². The van der Waals surface area contributed by atoms with Gasteiger partial charge in [-0.3, -0.25) is 0 Å². The maximum atomic E-state index is 5.53. The van der Waals surface area contributed by atoms with Crippen molar-refractivity contribution in [1.29, 1.82) is 0 Å². The number of benzene rings is 1. The SMILES string of the molecule is COc1cccc(C[NH+](C)C2CC[NH+](C)CC2)c1OC. The van der Waals surface area contributed by atoms with E-state index < -0.39 is 0 Å². The normalized spacial score (nSPS) is 24.2. The van der Waals surface area contributed by atoms with E-state index in [4.69, 9.17) is 9.47 Å². The highest BCUT2D eigenvalue weighted by Crippen LogP contribution is 2.30. The summed E-state index contributed by atoms with van der Waals surface area (Å²) in [5.41, 5.74) is 1.23. The lowest BCUT2D eigenvalue weighted by atomic mass is 10.0. The molecule has 0 radical (unpaired) electrons. The summed E-state index contributed by atoms with van der Waals surface area (Å²) in [5.74, 6) is 1.71. The zero-order chi connectivity index (χ0) is 14.5. The molecule has 1 heterocycles. The van der Waals surface area contributed by atoms with Crippen LogP contribution in [0.5, 0.6) is 11.5 Å². The van der Waals surface area contributed by atoms with Gasteiger partial charge in [0.05, 0.1) is 53.0 Å². The van der Waals surface area contributed by atoms with Crippen molar-refractivity contribution in [2.45, 2.75) is 25.4 Å². The molecule has 0 saturated carbocycles. The highest BCUT2D eigenvalue weighted by molar-refractivity contribution is 5.46. The number of likely N-dealkylation sites (tertiary alicyclic amines) is 1. The summed E-state index contributed by atoms with van der Waals surface area (Å²) in [4.78, 5) is 3.23. The van der Waals surface area contributed by atoms with Crippen LogP contribution in [0.25, 0.3) is 0 Å². The molecule has 1 aromatic carbocycles. The van der Waals surface area contributed by atoms with Crippen molar-refractivity contribution in [3.63, 3.8) is 0 Å². The highest BCUT2D eigenvalue weighted by atomic mass is 16.5. The van der Waals surface area contributed by atoms with Gasteiger partial charge in [0, 0.05) is 12.8 Å². The second-order valence-corrected chi connectivity index (χ2v) is 5.91. The van der Waals surface area contributed by atoms with Crippen LogP contribution in [0.3, 0.4) is 0 Å². The molecule has 1 saturated heterocycles. The summed E-state index contributed by atoms with van der Waals surface area (Å²) in [6, 6.07) is 6.90. The molecule has 2 N–H and O–H groups in total. The van der Waals surface area contributed by atoms with E-state index in [0.29, 0.717) is 0 Å². The van der Waals surface area contributed by atoms with E-state index in [2.05, 4.69) is 20.2 Å². The molecule has 0 spiro atoms. The quantitative estimate of drug-likeness (QED) is 0.753. The van der Waals surface area contributed by atoms with E-state index in [1.54, 1.807) is 24.0 Å². The van der Waals surface area contributed by atoms with E-state index in [1.807, 2.05) is 12.1 Å². The van der Waals surface area contributed by atoms with Crippen molar-refractivity contribution < 1.29 is 19.3 Å². The Kier molecular flexibility index (Phi) is 5.26. The fraction of sp³-hybridized carbons (Fsp3) is 0.625. The van der Waals surface area contributed by atoms with Gasteiger partial charge >= 0.3 is 0 Å². The van der Waals surface area contributed by atoms with Gasteiger partial charge in [-0.25, -0.2) is 0 Å². The molecule has 1 aliphatic heterocycles. The van der Waals surface area contributed by atoms with Crippen LogP contribution >= 0.6 is 0 Å². The molecule has 4 nitrogen and oxygen atoms in total. The standard InChI is InChI=1S/C16H26N2O2/c1-17-10-8-14(9-11-17)18(2)12-13-6-5-7-15(19-3)16(13)20-4/h5-7,14H,8-12H2,1-4H3/p+2. The molecule has 0 aliphatic carbocycles. The summed E-state index contributed by atoms with van der Waals surface area (Å²) >= 11 is 0. The predicted molar refractivity (Wildman–Crippen MR) is 79.8 cm³/mol.